The van der Waals surface area contributed by atoms with Gasteiger partial charge in [0.15, 0.2) is 11.6 Å². The summed E-state index contributed by atoms with van der Waals surface area (Å²) in [5.74, 6) is 1.21. The summed E-state index contributed by atoms with van der Waals surface area (Å²) in [5.41, 5.74) is 6.70. The van der Waals surface area contributed by atoms with Crippen molar-refractivity contribution < 1.29 is 9.84 Å². The van der Waals surface area contributed by atoms with E-state index >= 15 is 0 Å². The summed E-state index contributed by atoms with van der Waals surface area (Å²) in [5, 5.41) is 17.4. The van der Waals surface area contributed by atoms with Crippen molar-refractivity contribution >= 4 is 11.5 Å². The summed E-state index contributed by atoms with van der Waals surface area (Å²) in [7, 11) is 1.60. The van der Waals surface area contributed by atoms with Gasteiger partial charge in [0.2, 0.25) is 0 Å². The van der Waals surface area contributed by atoms with Gasteiger partial charge in [-0.1, -0.05) is 0 Å². The van der Waals surface area contributed by atoms with Crippen molar-refractivity contribution in [2.75, 3.05) is 44.4 Å². The van der Waals surface area contributed by atoms with Crippen LogP contribution in [0.5, 0.6) is 0 Å². The number of nitrogens with zero attached hydrogens (tertiary/aromatic N) is 5. The van der Waals surface area contributed by atoms with E-state index in [2.05, 4.69) is 25.3 Å². The molecule has 0 aromatic carbocycles. The molecule has 2 aromatic rings. The molecule has 136 valence electrons. The lowest BCUT2D eigenvalue weighted by molar-refractivity contribution is 0.0327. The number of anilines is 2. The van der Waals surface area contributed by atoms with Crippen LogP contribution in [0, 0.1) is 0 Å². The van der Waals surface area contributed by atoms with Crippen LogP contribution in [0.25, 0.3) is 5.82 Å². The van der Waals surface area contributed by atoms with Gasteiger partial charge in [-0.2, -0.15) is 5.10 Å². The molecule has 0 saturated carbocycles. The van der Waals surface area contributed by atoms with Gasteiger partial charge in [0.1, 0.15) is 12.0 Å². The van der Waals surface area contributed by atoms with Gasteiger partial charge in [-0.05, 0) is 18.9 Å². The number of hydrogen-bond donors (Lipinski definition) is 3. The molecule has 4 N–H and O–H groups in total. The second-order valence-electron chi connectivity index (χ2n) is 6.24. The Morgan fingerprint density at radius 1 is 1.40 bits per heavy atom. The van der Waals surface area contributed by atoms with Crippen molar-refractivity contribution in [3.63, 3.8) is 0 Å². The maximum absolute atomic E-state index is 9.84. The highest BCUT2D eigenvalue weighted by Gasteiger charge is 2.22. The summed E-state index contributed by atoms with van der Waals surface area (Å²) in [4.78, 5) is 10.7. The number of aliphatic hydroxyl groups is 1. The fourth-order valence-electron chi connectivity index (χ4n) is 3.07. The summed E-state index contributed by atoms with van der Waals surface area (Å²) >= 11 is 0. The fraction of sp³-hybridized carbons (Fsp3) is 0.562. The normalized spacial score (nSPS) is 17.5. The standard InChI is InChI=1S/C16H25N7O2/c1-25-10-13(24)9-22-7-3-12(4-8-22)21-15-14(17)16(19-11-18-15)23-6-2-5-20-23/h2,5-6,11-13,24H,3-4,7-10,17H2,1H3,(H,18,19,21). The number of nitrogens with one attached hydrogen (secondary N) is 1. The largest absolute Gasteiger partial charge is 0.393 e. The lowest BCUT2D eigenvalue weighted by Crippen LogP contribution is -2.43. The third-order valence-corrected chi connectivity index (χ3v) is 4.34. The maximum Gasteiger partial charge on any atom is 0.181 e. The number of likely N-dealkylation sites (tertiary alicyclic amines) is 1. The number of β-amino-alcohol motifs (C(OH)–C–C–N with tert-alkyl or cyclic N) is 1. The Morgan fingerprint density at radius 3 is 2.88 bits per heavy atom. The maximum atomic E-state index is 9.84. The molecule has 1 aliphatic rings. The molecule has 1 unspecified atom stereocenters. The first-order chi connectivity index (χ1) is 12.2. The van der Waals surface area contributed by atoms with Crippen LogP contribution < -0.4 is 11.1 Å². The van der Waals surface area contributed by atoms with Gasteiger partial charge in [-0.15, -0.1) is 0 Å². The molecule has 9 nitrogen and oxygen atoms in total. The number of aliphatic hydroxyl groups excluding tert-OH is 1. The van der Waals surface area contributed by atoms with E-state index in [1.165, 1.54) is 6.33 Å². The molecule has 2 aromatic heterocycles. The number of nitrogens with two attached hydrogens (primary N) is 1. The van der Waals surface area contributed by atoms with Crippen LogP contribution in [0.2, 0.25) is 0 Å². The monoisotopic (exact) mass is 347 g/mol. The first kappa shape index (κ1) is 17.6. The molecular formula is C16H25N7O2. The van der Waals surface area contributed by atoms with Crippen molar-refractivity contribution in [2.45, 2.75) is 25.0 Å². The van der Waals surface area contributed by atoms with Crippen molar-refractivity contribution in [2.24, 2.45) is 0 Å². The minimum Gasteiger partial charge on any atom is -0.393 e. The zero-order valence-electron chi connectivity index (χ0n) is 14.4. The Morgan fingerprint density at radius 2 is 2.20 bits per heavy atom. The van der Waals surface area contributed by atoms with Crippen molar-refractivity contribution in [1.82, 2.24) is 24.6 Å². The predicted octanol–water partition coefficient (Wildman–Crippen LogP) is 0.128. The quantitative estimate of drug-likeness (QED) is 0.647. The summed E-state index contributed by atoms with van der Waals surface area (Å²) in [6.45, 7) is 2.83. The molecule has 0 aliphatic carbocycles. The molecule has 1 fully saturated rings. The number of ether oxygens (including phenoxy) is 1. The highest BCUT2D eigenvalue weighted by molar-refractivity contribution is 5.69. The average Bonchev–Trinajstić information content (AvgIpc) is 3.13. The third-order valence-electron chi connectivity index (χ3n) is 4.34. The molecule has 0 spiro atoms. The molecular weight excluding hydrogens is 322 g/mol. The van der Waals surface area contributed by atoms with E-state index < -0.39 is 6.10 Å². The highest BCUT2D eigenvalue weighted by atomic mass is 16.5. The minimum absolute atomic E-state index is 0.290. The summed E-state index contributed by atoms with van der Waals surface area (Å²) < 4.78 is 6.60. The van der Waals surface area contributed by atoms with E-state index in [-0.39, 0.29) is 0 Å². The molecule has 9 heteroatoms. The molecule has 3 heterocycles. The SMILES string of the molecule is COCC(O)CN1CCC(Nc2ncnc(-n3cccn3)c2N)CC1. The molecule has 25 heavy (non-hydrogen) atoms. The van der Waals surface area contributed by atoms with Gasteiger partial charge in [0, 0.05) is 45.2 Å². The Balaban J connectivity index is 1.57. The van der Waals surface area contributed by atoms with E-state index in [1.54, 1.807) is 24.2 Å². The van der Waals surface area contributed by atoms with Crippen LogP contribution in [0.4, 0.5) is 11.5 Å². The molecule has 0 radical (unpaired) electrons. The van der Waals surface area contributed by atoms with Gasteiger partial charge in [0.25, 0.3) is 0 Å². The number of hydrogen-bond acceptors (Lipinski definition) is 8. The van der Waals surface area contributed by atoms with Crippen LogP contribution >= 0.6 is 0 Å². The molecule has 1 atom stereocenters. The first-order valence-electron chi connectivity index (χ1n) is 8.43. The van der Waals surface area contributed by atoms with Crippen molar-refractivity contribution in [3.05, 3.63) is 24.8 Å². The molecule has 1 saturated heterocycles. The topological polar surface area (TPSA) is 114 Å². The lowest BCUT2D eigenvalue weighted by atomic mass is 10.0. The van der Waals surface area contributed by atoms with E-state index in [1.807, 2.05) is 6.07 Å². The van der Waals surface area contributed by atoms with Gasteiger partial charge in [0.05, 0.1) is 12.7 Å². The smallest absolute Gasteiger partial charge is 0.181 e. The summed E-state index contributed by atoms with van der Waals surface area (Å²) in [6, 6.07) is 2.11. The number of piperidine rings is 1. The second-order valence-corrected chi connectivity index (χ2v) is 6.24. The number of aromatic nitrogens is 4. The van der Waals surface area contributed by atoms with Gasteiger partial charge >= 0.3 is 0 Å². The van der Waals surface area contributed by atoms with Crippen molar-refractivity contribution in [1.29, 1.82) is 0 Å². The Hall–Kier alpha value is -2.23. The summed E-state index contributed by atoms with van der Waals surface area (Å²) in [6.07, 6.45) is 6.45. The van der Waals surface area contributed by atoms with Gasteiger partial charge in [-0.25, -0.2) is 14.6 Å². The van der Waals surface area contributed by atoms with Gasteiger partial charge in [-0.3, -0.25) is 0 Å². The Kier molecular flexibility index (Phi) is 5.79. The van der Waals surface area contributed by atoms with Gasteiger partial charge < -0.3 is 25.8 Å². The number of methoxy groups -OCH3 is 1. The minimum atomic E-state index is -0.441. The molecule has 3 rings (SSSR count). The van der Waals surface area contributed by atoms with Crippen LogP contribution in [0.1, 0.15) is 12.8 Å². The first-order valence-corrected chi connectivity index (χ1v) is 8.43. The van der Waals surface area contributed by atoms with E-state index in [9.17, 15) is 5.11 Å². The van der Waals surface area contributed by atoms with Crippen LogP contribution in [-0.2, 0) is 4.74 Å². The molecule has 0 bridgehead atoms. The lowest BCUT2D eigenvalue weighted by Gasteiger charge is -2.33. The van der Waals surface area contributed by atoms with Crippen molar-refractivity contribution in [3.8, 4) is 5.82 Å². The van der Waals surface area contributed by atoms with E-state index in [0.717, 1.165) is 25.9 Å². The van der Waals surface area contributed by atoms with Crippen LogP contribution in [-0.4, -0.2) is 75.3 Å². The number of rotatable bonds is 7. The second kappa shape index (κ2) is 8.24. The van der Waals surface area contributed by atoms with E-state index in [0.29, 0.717) is 36.5 Å². The third kappa shape index (κ3) is 4.44. The average molecular weight is 347 g/mol. The van der Waals surface area contributed by atoms with E-state index in [4.69, 9.17) is 10.5 Å². The fourth-order valence-corrected chi connectivity index (χ4v) is 3.07. The Bertz CT molecular complexity index is 657. The molecule has 1 aliphatic heterocycles. The zero-order chi connectivity index (χ0) is 17.6. The Labute approximate surface area is 146 Å². The van der Waals surface area contributed by atoms with Crippen LogP contribution in [0.3, 0.4) is 0 Å². The predicted molar refractivity (Wildman–Crippen MR) is 94.5 cm³/mol. The molecule has 0 amide bonds. The number of nitrogen functional groups attached to an aromatic ring is 1. The highest BCUT2D eigenvalue weighted by Crippen LogP contribution is 2.23. The van der Waals surface area contributed by atoms with Crippen LogP contribution in [0.15, 0.2) is 24.8 Å². The zero-order valence-corrected chi connectivity index (χ0v) is 14.4.